The number of hydrogen-bond donors (Lipinski definition) is 1. The van der Waals surface area contributed by atoms with E-state index >= 15 is 0 Å². The van der Waals surface area contributed by atoms with E-state index in [0.29, 0.717) is 18.2 Å². The van der Waals surface area contributed by atoms with Gasteiger partial charge in [-0.3, -0.25) is 0 Å². The summed E-state index contributed by atoms with van der Waals surface area (Å²) in [5.41, 5.74) is 7.61. The summed E-state index contributed by atoms with van der Waals surface area (Å²) in [5.74, 6) is 1.62. The molecule has 1 aromatic rings. The van der Waals surface area contributed by atoms with Crippen LogP contribution in [-0.4, -0.2) is 20.3 Å². The SMILES string of the molecule is COc1c(CCN)cc2c(c1Cl)CCO2. The van der Waals surface area contributed by atoms with Crippen molar-refractivity contribution in [1.82, 2.24) is 0 Å². The number of benzene rings is 1. The zero-order valence-corrected chi connectivity index (χ0v) is 9.43. The molecular formula is C11H14ClNO2. The van der Waals surface area contributed by atoms with Gasteiger partial charge in [0.05, 0.1) is 18.7 Å². The van der Waals surface area contributed by atoms with Crippen LogP contribution in [0.1, 0.15) is 11.1 Å². The van der Waals surface area contributed by atoms with Crippen LogP contribution in [0.3, 0.4) is 0 Å². The van der Waals surface area contributed by atoms with Crippen molar-refractivity contribution >= 4 is 11.6 Å². The molecule has 82 valence electrons. The van der Waals surface area contributed by atoms with E-state index in [1.165, 1.54) is 0 Å². The number of hydrogen-bond acceptors (Lipinski definition) is 3. The van der Waals surface area contributed by atoms with Gasteiger partial charge in [-0.15, -0.1) is 0 Å². The predicted molar refractivity (Wildman–Crippen MR) is 60.0 cm³/mol. The largest absolute Gasteiger partial charge is 0.495 e. The van der Waals surface area contributed by atoms with Crippen LogP contribution < -0.4 is 15.2 Å². The van der Waals surface area contributed by atoms with Crippen molar-refractivity contribution in [3.05, 3.63) is 22.2 Å². The maximum absolute atomic E-state index is 6.25. The van der Waals surface area contributed by atoms with Crippen molar-refractivity contribution in [1.29, 1.82) is 0 Å². The molecule has 0 aromatic heterocycles. The number of fused-ring (bicyclic) bond motifs is 1. The van der Waals surface area contributed by atoms with E-state index in [4.69, 9.17) is 26.8 Å². The topological polar surface area (TPSA) is 44.5 Å². The Balaban J connectivity index is 2.51. The summed E-state index contributed by atoms with van der Waals surface area (Å²) in [5, 5.41) is 0.677. The van der Waals surface area contributed by atoms with Gasteiger partial charge in [-0.05, 0) is 19.0 Å². The van der Waals surface area contributed by atoms with Crippen molar-refractivity contribution in [3.63, 3.8) is 0 Å². The third kappa shape index (κ3) is 1.77. The molecule has 2 N–H and O–H groups in total. The first-order chi connectivity index (χ1) is 7.27. The average Bonchev–Trinajstić information content (AvgIpc) is 2.67. The molecule has 0 fully saturated rings. The second kappa shape index (κ2) is 4.29. The van der Waals surface area contributed by atoms with Gasteiger partial charge < -0.3 is 15.2 Å². The molecule has 0 amide bonds. The lowest BCUT2D eigenvalue weighted by Crippen LogP contribution is -2.05. The maximum atomic E-state index is 6.25. The maximum Gasteiger partial charge on any atom is 0.141 e. The summed E-state index contributed by atoms with van der Waals surface area (Å²) in [7, 11) is 1.63. The Kier molecular flexibility index (Phi) is 3.03. The van der Waals surface area contributed by atoms with Gasteiger partial charge in [0.1, 0.15) is 11.5 Å². The van der Waals surface area contributed by atoms with Gasteiger partial charge in [-0.1, -0.05) is 11.6 Å². The summed E-state index contributed by atoms with van der Waals surface area (Å²) < 4.78 is 10.8. The zero-order chi connectivity index (χ0) is 10.8. The number of rotatable bonds is 3. The highest BCUT2D eigenvalue weighted by molar-refractivity contribution is 6.33. The molecule has 4 heteroatoms. The third-order valence-electron chi connectivity index (χ3n) is 2.59. The molecule has 0 saturated heterocycles. The minimum absolute atomic E-state index is 0.575. The summed E-state index contributed by atoms with van der Waals surface area (Å²) >= 11 is 6.25. The van der Waals surface area contributed by atoms with Crippen molar-refractivity contribution in [3.8, 4) is 11.5 Å². The van der Waals surface area contributed by atoms with E-state index in [2.05, 4.69) is 0 Å². The highest BCUT2D eigenvalue weighted by atomic mass is 35.5. The van der Waals surface area contributed by atoms with Crippen LogP contribution in [0.15, 0.2) is 6.07 Å². The summed E-state index contributed by atoms with van der Waals surface area (Å²) in [6.07, 6.45) is 1.60. The van der Waals surface area contributed by atoms with E-state index in [9.17, 15) is 0 Å². The van der Waals surface area contributed by atoms with Crippen LogP contribution in [-0.2, 0) is 12.8 Å². The van der Waals surface area contributed by atoms with Crippen molar-refractivity contribution in [2.75, 3.05) is 20.3 Å². The highest BCUT2D eigenvalue weighted by Gasteiger charge is 2.21. The molecular weight excluding hydrogens is 214 g/mol. The zero-order valence-electron chi connectivity index (χ0n) is 8.68. The molecule has 1 aliphatic rings. The quantitative estimate of drug-likeness (QED) is 0.856. The molecule has 1 aliphatic heterocycles. The fourth-order valence-corrected chi connectivity index (χ4v) is 2.27. The number of halogens is 1. The van der Waals surface area contributed by atoms with Gasteiger partial charge in [-0.25, -0.2) is 0 Å². The van der Waals surface area contributed by atoms with Gasteiger partial charge >= 0.3 is 0 Å². The number of nitrogens with two attached hydrogens (primary N) is 1. The Morgan fingerprint density at radius 3 is 3.07 bits per heavy atom. The average molecular weight is 228 g/mol. The van der Waals surface area contributed by atoms with Gasteiger partial charge in [0.25, 0.3) is 0 Å². The summed E-state index contributed by atoms with van der Waals surface area (Å²) in [6.45, 7) is 1.27. The molecule has 0 aliphatic carbocycles. The van der Waals surface area contributed by atoms with Gasteiger partial charge in [-0.2, -0.15) is 0 Å². The van der Waals surface area contributed by atoms with E-state index < -0.39 is 0 Å². The van der Waals surface area contributed by atoms with Crippen LogP contribution in [0.5, 0.6) is 11.5 Å². The van der Waals surface area contributed by atoms with Gasteiger partial charge in [0.15, 0.2) is 0 Å². The van der Waals surface area contributed by atoms with Crippen molar-refractivity contribution < 1.29 is 9.47 Å². The Labute approximate surface area is 94.1 Å². The van der Waals surface area contributed by atoms with Crippen LogP contribution in [0.25, 0.3) is 0 Å². The fourth-order valence-electron chi connectivity index (χ4n) is 1.88. The Bertz CT molecular complexity index is 379. The minimum Gasteiger partial charge on any atom is -0.495 e. The molecule has 0 spiro atoms. The molecule has 15 heavy (non-hydrogen) atoms. The third-order valence-corrected chi connectivity index (χ3v) is 2.99. The Morgan fingerprint density at radius 2 is 2.40 bits per heavy atom. The van der Waals surface area contributed by atoms with E-state index in [-0.39, 0.29) is 0 Å². The lowest BCUT2D eigenvalue weighted by atomic mass is 10.1. The highest BCUT2D eigenvalue weighted by Crippen LogP contribution is 2.41. The predicted octanol–water partition coefficient (Wildman–Crippen LogP) is 1.78. The Hall–Kier alpha value is -0.930. The van der Waals surface area contributed by atoms with Crippen LogP contribution in [0.4, 0.5) is 0 Å². The van der Waals surface area contributed by atoms with Crippen LogP contribution in [0, 0.1) is 0 Å². The first-order valence-corrected chi connectivity index (χ1v) is 5.36. The van der Waals surface area contributed by atoms with E-state index in [1.54, 1.807) is 7.11 Å². The first kappa shape index (κ1) is 10.6. The van der Waals surface area contributed by atoms with Gasteiger partial charge in [0, 0.05) is 17.5 Å². The van der Waals surface area contributed by atoms with E-state index in [0.717, 1.165) is 35.5 Å². The first-order valence-electron chi connectivity index (χ1n) is 4.99. The lowest BCUT2D eigenvalue weighted by molar-refractivity contribution is 0.356. The van der Waals surface area contributed by atoms with Crippen molar-refractivity contribution in [2.24, 2.45) is 5.73 Å². The number of methoxy groups -OCH3 is 1. The standard InChI is InChI=1S/C11H14ClNO2/c1-14-11-7(2-4-13)6-9-8(10(11)12)3-5-15-9/h6H,2-5,13H2,1H3. The molecule has 2 rings (SSSR count). The summed E-state index contributed by atoms with van der Waals surface area (Å²) in [4.78, 5) is 0. The molecule has 1 aromatic carbocycles. The molecule has 0 saturated carbocycles. The number of ether oxygens (including phenoxy) is 2. The molecule has 3 nitrogen and oxygen atoms in total. The Morgan fingerprint density at radius 1 is 1.60 bits per heavy atom. The monoisotopic (exact) mass is 227 g/mol. The smallest absolute Gasteiger partial charge is 0.141 e. The molecule has 0 unspecified atom stereocenters. The van der Waals surface area contributed by atoms with Crippen LogP contribution >= 0.6 is 11.6 Å². The fraction of sp³-hybridized carbons (Fsp3) is 0.455. The van der Waals surface area contributed by atoms with Gasteiger partial charge in [0.2, 0.25) is 0 Å². The molecule has 0 atom stereocenters. The molecule has 0 radical (unpaired) electrons. The molecule has 1 heterocycles. The van der Waals surface area contributed by atoms with Crippen LogP contribution in [0.2, 0.25) is 5.02 Å². The summed E-state index contributed by atoms with van der Waals surface area (Å²) in [6, 6.07) is 1.99. The van der Waals surface area contributed by atoms with Crippen molar-refractivity contribution in [2.45, 2.75) is 12.8 Å². The normalized spacial score (nSPS) is 13.5. The molecule has 0 bridgehead atoms. The minimum atomic E-state index is 0.575. The van der Waals surface area contributed by atoms with E-state index in [1.807, 2.05) is 6.07 Å². The second-order valence-corrected chi connectivity index (χ2v) is 3.87. The second-order valence-electron chi connectivity index (χ2n) is 3.50. The lowest BCUT2D eigenvalue weighted by Gasteiger charge is -2.12.